The Morgan fingerprint density at radius 3 is 2.64 bits per heavy atom. The molecule has 1 rings (SSSR count). The number of nitrogens with two attached hydrogens (primary N) is 1. The minimum absolute atomic E-state index is 0.513. The molecule has 0 aliphatic carbocycles. The molecule has 56 valence electrons. The molecular weight excluding hydrogens is 319 g/mol. The van der Waals surface area contributed by atoms with Crippen LogP contribution in [0.15, 0.2) is 16.6 Å². The van der Waals surface area contributed by atoms with Gasteiger partial charge < -0.3 is 5.73 Å². The third-order valence-corrected chi connectivity index (χ3v) is 2.84. The largest absolute Gasteiger partial charge is 0.397 e. The van der Waals surface area contributed by atoms with E-state index in [1.165, 1.54) is 0 Å². The van der Waals surface area contributed by atoms with Gasteiger partial charge in [-0.05, 0) is 50.7 Å². The smallest absolute Gasteiger partial charge is 0.102 e. The highest BCUT2D eigenvalue weighted by Crippen LogP contribution is 2.26. The first kappa shape index (κ1) is 8.81. The number of rotatable bonds is 0. The molecule has 4 heteroatoms. The summed E-state index contributed by atoms with van der Waals surface area (Å²) in [7, 11) is 0. The van der Waals surface area contributed by atoms with E-state index < -0.39 is 0 Å². The Hall–Kier alpha value is -0.280. The Bertz CT molecular complexity index is 330. The quantitative estimate of drug-likeness (QED) is 0.589. The van der Waals surface area contributed by atoms with E-state index in [9.17, 15) is 0 Å². The van der Waals surface area contributed by atoms with Gasteiger partial charge >= 0.3 is 0 Å². The van der Waals surface area contributed by atoms with Crippen molar-refractivity contribution in [2.24, 2.45) is 0 Å². The number of nitriles is 1. The third-order valence-electron chi connectivity index (χ3n) is 1.25. The number of nitrogen functional groups attached to an aromatic ring is 1. The Morgan fingerprint density at radius 2 is 2.18 bits per heavy atom. The molecule has 0 saturated heterocycles. The molecule has 0 heterocycles. The lowest BCUT2D eigenvalue weighted by Crippen LogP contribution is -1.93. The molecule has 2 N–H and O–H groups in total. The molecule has 2 nitrogen and oxygen atoms in total. The van der Waals surface area contributed by atoms with Crippen molar-refractivity contribution in [1.29, 1.82) is 5.26 Å². The zero-order chi connectivity index (χ0) is 8.43. The fourth-order valence-electron chi connectivity index (χ4n) is 0.681. The van der Waals surface area contributed by atoms with E-state index in [1.807, 2.05) is 18.2 Å². The van der Waals surface area contributed by atoms with Crippen LogP contribution in [0, 0.1) is 14.9 Å². The maximum atomic E-state index is 8.67. The summed E-state index contributed by atoms with van der Waals surface area (Å²) in [5.74, 6) is 0. The molecular formula is C7H4BrIN2. The highest BCUT2D eigenvalue weighted by Gasteiger charge is 2.05. The van der Waals surface area contributed by atoms with Crippen LogP contribution in [-0.4, -0.2) is 0 Å². The van der Waals surface area contributed by atoms with Gasteiger partial charge in [-0.15, -0.1) is 0 Å². The van der Waals surface area contributed by atoms with Crippen LogP contribution in [0.3, 0.4) is 0 Å². The van der Waals surface area contributed by atoms with Crippen LogP contribution in [0.1, 0.15) is 5.56 Å². The number of hydrogen-bond donors (Lipinski definition) is 1. The number of halogens is 2. The van der Waals surface area contributed by atoms with Gasteiger partial charge in [0.25, 0.3) is 0 Å². The molecule has 0 radical (unpaired) electrons. The Morgan fingerprint density at radius 1 is 1.55 bits per heavy atom. The number of anilines is 1. The van der Waals surface area contributed by atoms with Crippen molar-refractivity contribution < 1.29 is 0 Å². The summed E-state index contributed by atoms with van der Waals surface area (Å²) >= 11 is 5.32. The molecule has 0 aliphatic heterocycles. The predicted octanol–water partition coefficient (Wildman–Crippen LogP) is 2.51. The van der Waals surface area contributed by atoms with Gasteiger partial charge in [0.05, 0.1) is 11.3 Å². The summed E-state index contributed by atoms with van der Waals surface area (Å²) in [6, 6.07) is 5.72. The maximum absolute atomic E-state index is 8.67. The minimum atomic E-state index is 0.513. The maximum Gasteiger partial charge on any atom is 0.102 e. The fourth-order valence-corrected chi connectivity index (χ4v) is 1.60. The second-order valence-corrected chi connectivity index (χ2v) is 3.95. The monoisotopic (exact) mass is 322 g/mol. The zero-order valence-corrected chi connectivity index (χ0v) is 9.18. The zero-order valence-electron chi connectivity index (χ0n) is 5.44. The lowest BCUT2D eigenvalue weighted by Gasteiger charge is -2.01. The van der Waals surface area contributed by atoms with Crippen molar-refractivity contribution in [1.82, 2.24) is 0 Å². The molecule has 11 heavy (non-hydrogen) atoms. The van der Waals surface area contributed by atoms with Gasteiger partial charge in [-0.3, -0.25) is 0 Å². The van der Waals surface area contributed by atoms with Crippen molar-refractivity contribution in [2.45, 2.75) is 0 Å². The van der Waals surface area contributed by atoms with Crippen molar-refractivity contribution >= 4 is 44.2 Å². The molecule has 0 spiro atoms. The van der Waals surface area contributed by atoms with Crippen molar-refractivity contribution in [3.05, 3.63) is 25.7 Å². The molecule has 0 saturated carbocycles. The van der Waals surface area contributed by atoms with Crippen LogP contribution in [0.2, 0.25) is 0 Å². The molecule has 0 amide bonds. The predicted molar refractivity (Wildman–Crippen MR) is 56.0 cm³/mol. The summed E-state index contributed by atoms with van der Waals surface area (Å²) in [4.78, 5) is 0. The van der Waals surface area contributed by atoms with Gasteiger partial charge in [-0.2, -0.15) is 5.26 Å². The summed E-state index contributed by atoms with van der Waals surface area (Å²) < 4.78 is 1.65. The van der Waals surface area contributed by atoms with Crippen molar-refractivity contribution in [3.8, 4) is 6.07 Å². The Kier molecular flexibility index (Phi) is 2.73. The van der Waals surface area contributed by atoms with Gasteiger partial charge in [0, 0.05) is 8.04 Å². The van der Waals surface area contributed by atoms with Crippen LogP contribution >= 0.6 is 38.5 Å². The third kappa shape index (κ3) is 1.65. The number of hydrogen-bond acceptors (Lipinski definition) is 2. The Balaban J connectivity index is 3.44. The van der Waals surface area contributed by atoms with E-state index in [0.717, 1.165) is 8.04 Å². The van der Waals surface area contributed by atoms with E-state index in [-0.39, 0.29) is 0 Å². The average Bonchev–Trinajstić information content (AvgIpc) is 1.99. The first-order chi connectivity index (χ1) is 5.16. The average molecular weight is 323 g/mol. The topological polar surface area (TPSA) is 49.8 Å². The normalized spacial score (nSPS) is 9.18. The molecule has 0 aromatic heterocycles. The standard InChI is InChI=1S/C7H4BrIN2/c8-5-1-2-6(9)4(3-10)7(5)11/h1-2H,11H2. The van der Waals surface area contributed by atoms with Crippen molar-refractivity contribution in [3.63, 3.8) is 0 Å². The number of nitrogens with zero attached hydrogens (tertiary/aromatic N) is 1. The second-order valence-electron chi connectivity index (χ2n) is 1.93. The molecule has 1 aromatic rings. The molecule has 0 unspecified atom stereocenters. The molecule has 0 fully saturated rings. The fraction of sp³-hybridized carbons (Fsp3) is 0. The van der Waals surface area contributed by atoms with E-state index in [1.54, 1.807) is 0 Å². The molecule has 0 bridgehead atoms. The first-order valence-corrected chi connectivity index (χ1v) is 4.67. The SMILES string of the molecule is N#Cc1c(I)ccc(Br)c1N. The van der Waals surface area contributed by atoms with Gasteiger partial charge in [-0.25, -0.2) is 0 Å². The number of benzene rings is 1. The van der Waals surface area contributed by atoms with Crippen molar-refractivity contribution in [2.75, 3.05) is 5.73 Å². The molecule has 0 aliphatic rings. The highest BCUT2D eigenvalue weighted by molar-refractivity contribution is 14.1. The molecule has 1 aromatic carbocycles. The summed E-state index contributed by atoms with van der Waals surface area (Å²) in [5.41, 5.74) is 6.67. The summed E-state index contributed by atoms with van der Waals surface area (Å²) in [5, 5.41) is 8.67. The van der Waals surface area contributed by atoms with E-state index in [2.05, 4.69) is 38.5 Å². The van der Waals surface area contributed by atoms with Crippen LogP contribution in [0.25, 0.3) is 0 Å². The summed E-state index contributed by atoms with van der Waals surface area (Å²) in [6.07, 6.45) is 0. The van der Waals surface area contributed by atoms with Gasteiger partial charge in [0.15, 0.2) is 0 Å². The van der Waals surface area contributed by atoms with Gasteiger partial charge in [0.2, 0.25) is 0 Å². The Labute approximate surface area is 86.7 Å². The van der Waals surface area contributed by atoms with E-state index >= 15 is 0 Å². The van der Waals surface area contributed by atoms with Gasteiger partial charge in [0.1, 0.15) is 6.07 Å². The highest BCUT2D eigenvalue weighted by atomic mass is 127. The summed E-state index contributed by atoms with van der Waals surface area (Å²) in [6.45, 7) is 0. The van der Waals surface area contributed by atoms with Crippen LogP contribution in [0.4, 0.5) is 5.69 Å². The first-order valence-electron chi connectivity index (χ1n) is 2.80. The van der Waals surface area contributed by atoms with Gasteiger partial charge in [-0.1, -0.05) is 0 Å². The second kappa shape index (κ2) is 3.41. The molecule has 0 atom stereocenters. The van der Waals surface area contributed by atoms with E-state index in [0.29, 0.717) is 11.3 Å². The van der Waals surface area contributed by atoms with Crippen LogP contribution in [-0.2, 0) is 0 Å². The van der Waals surface area contributed by atoms with Crippen LogP contribution in [0.5, 0.6) is 0 Å². The van der Waals surface area contributed by atoms with E-state index in [4.69, 9.17) is 11.0 Å². The minimum Gasteiger partial charge on any atom is -0.397 e. The lowest BCUT2D eigenvalue weighted by molar-refractivity contribution is 1.45. The lowest BCUT2D eigenvalue weighted by atomic mass is 10.2. The van der Waals surface area contributed by atoms with Crippen LogP contribution < -0.4 is 5.73 Å².